The molecule has 0 bridgehead atoms. The second-order valence-electron chi connectivity index (χ2n) is 6.99. The largest absolute Gasteiger partial charge is 0.460 e. The minimum absolute atomic E-state index is 0.258. The predicted octanol–water partition coefficient (Wildman–Crippen LogP) is 3.27. The lowest BCUT2D eigenvalue weighted by atomic mass is 9.92. The second-order valence-corrected chi connectivity index (χ2v) is 6.99. The lowest BCUT2D eigenvalue weighted by Crippen LogP contribution is -2.63. The Balaban J connectivity index is 5.58. The lowest BCUT2D eigenvalue weighted by molar-refractivity contribution is -0.372. The van der Waals surface area contributed by atoms with E-state index in [1.807, 2.05) is 0 Å². The van der Waals surface area contributed by atoms with Crippen LogP contribution < -0.4 is 0 Å². The number of hydrogen-bond donors (Lipinski definition) is 2. The Morgan fingerprint density at radius 3 is 1.62 bits per heavy atom. The summed E-state index contributed by atoms with van der Waals surface area (Å²) in [6, 6.07) is 0. The lowest BCUT2D eigenvalue weighted by Gasteiger charge is -2.38. The standard InChI is InChI=1S/C18H22F8O6/c1-9(2)13(29)31-8-11(28)5-15(19,20)17(23,24)18(25,26)16(21,22)6-12(7-27)32-14(30)10(3)4/h11-12,27-28H,1,3,5-8H2,2,4H3. The third-order valence-electron chi connectivity index (χ3n) is 3.87. The molecule has 0 aromatic carbocycles. The normalized spacial score (nSPS) is 15.0. The van der Waals surface area contributed by atoms with Gasteiger partial charge >= 0.3 is 35.6 Å². The molecule has 0 amide bonds. The number of halogens is 8. The number of aliphatic hydroxyl groups is 2. The molecule has 0 aromatic rings. The monoisotopic (exact) mass is 486 g/mol. The molecular formula is C18H22F8O6. The summed E-state index contributed by atoms with van der Waals surface area (Å²) in [4.78, 5) is 22.4. The molecule has 14 heteroatoms. The maximum absolute atomic E-state index is 14.0. The van der Waals surface area contributed by atoms with Gasteiger partial charge in [0.05, 0.1) is 19.1 Å². The van der Waals surface area contributed by atoms with E-state index in [1.54, 1.807) is 0 Å². The number of alkyl halides is 8. The fourth-order valence-corrected chi connectivity index (χ4v) is 2.05. The first-order valence-corrected chi connectivity index (χ1v) is 8.72. The van der Waals surface area contributed by atoms with Crippen LogP contribution in [0.4, 0.5) is 35.1 Å². The highest BCUT2D eigenvalue weighted by Crippen LogP contribution is 2.55. The van der Waals surface area contributed by atoms with Crippen molar-refractivity contribution < 1.29 is 64.4 Å². The van der Waals surface area contributed by atoms with Crippen molar-refractivity contribution in [2.24, 2.45) is 0 Å². The van der Waals surface area contributed by atoms with Crippen LogP contribution in [0.5, 0.6) is 0 Å². The smallest absolute Gasteiger partial charge is 0.378 e. The van der Waals surface area contributed by atoms with Crippen LogP contribution in [-0.2, 0) is 19.1 Å². The summed E-state index contributed by atoms with van der Waals surface area (Å²) in [6.45, 7) is 5.45. The predicted molar refractivity (Wildman–Crippen MR) is 92.6 cm³/mol. The highest BCUT2D eigenvalue weighted by Gasteiger charge is 2.80. The molecular weight excluding hydrogens is 464 g/mol. The maximum atomic E-state index is 14.0. The highest BCUT2D eigenvalue weighted by molar-refractivity contribution is 5.87. The van der Waals surface area contributed by atoms with Gasteiger partial charge in [0, 0.05) is 17.6 Å². The molecule has 32 heavy (non-hydrogen) atoms. The van der Waals surface area contributed by atoms with E-state index in [1.165, 1.54) is 0 Å². The van der Waals surface area contributed by atoms with Gasteiger partial charge in [-0.25, -0.2) is 9.59 Å². The van der Waals surface area contributed by atoms with E-state index in [-0.39, 0.29) is 5.57 Å². The molecule has 0 saturated carbocycles. The van der Waals surface area contributed by atoms with E-state index in [2.05, 4.69) is 22.6 Å². The second kappa shape index (κ2) is 10.6. The van der Waals surface area contributed by atoms with Crippen molar-refractivity contribution >= 4 is 11.9 Å². The zero-order chi connectivity index (χ0) is 25.7. The molecule has 6 nitrogen and oxygen atoms in total. The summed E-state index contributed by atoms with van der Waals surface area (Å²) in [5.41, 5.74) is -0.664. The number of esters is 2. The first-order chi connectivity index (χ1) is 14.2. The van der Waals surface area contributed by atoms with E-state index >= 15 is 0 Å². The van der Waals surface area contributed by atoms with Crippen molar-refractivity contribution in [1.82, 2.24) is 0 Å². The minimum Gasteiger partial charge on any atom is -0.460 e. The van der Waals surface area contributed by atoms with E-state index in [0.29, 0.717) is 0 Å². The molecule has 0 radical (unpaired) electrons. The van der Waals surface area contributed by atoms with Crippen molar-refractivity contribution in [1.29, 1.82) is 0 Å². The molecule has 0 spiro atoms. The zero-order valence-electron chi connectivity index (χ0n) is 16.9. The van der Waals surface area contributed by atoms with Crippen LogP contribution in [0.15, 0.2) is 24.3 Å². The van der Waals surface area contributed by atoms with Crippen LogP contribution >= 0.6 is 0 Å². The molecule has 0 rings (SSSR count). The first kappa shape index (κ1) is 29.8. The van der Waals surface area contributed by atoms with Crippen LogP contribution in [0.3, 0.4) is 0 Å². The summed E-state index contributed by atoms with van der Waals surface area (Å²) >= 11 is 0. The van der Waals surface area contributed by atoms with Crippen molar-refractivity contribution in [2.75, 3.05) is 13.2 Å². The molecule has 2 atom stereocenters. The van der Waals surface area contributed by atoms with Gasteiger partial charge < -0.3 is 19.7 Å². The maximum Gasteiger partial charge on any atom is 0.378 e. The van der Waals surface area contributed by atoms with Crippen LogP contribution in [0.25, 0.3) is 0 Å². The SMILES string of the molecule is C=C(C)C(=O)OCC(O)CC(F)(F)C(F)(F)C(F)(F)C(F)(F)CC(CO)OC(=O)C(=C)C. The van der Waals surface area contributed by atoms with E-state index in [4.69, 9.17) is 5.11 Å². The Hall–Kier alpha value is -2.22. The van der Waals surface area contributed by atoms with Gasteiger partial charge in [-0.15, -0.1) is 0 Å². The summed E-state index contributed by atoms with van der Waals surface area (Å²) in [6.07, 6.45) is -9.97. The molecule has 0 aliphatic rings. The minimum atomic E-state index is -6.72. The first-order valence-electron chi connectivity index (χ1n) is 8.72. The number of aliphatic hydroxyl groups excluding tert-OH is 2. The Morgan fingerprint density at radius 1 is 0.844 bits per heavy atom. The van der Waals surface area contributed by atoms with Crippen LogP contribution in [0, 0.1) is 0 Å². The van der Waals surface area contributed by atoms with Crippen molar-refractivity contribution in [3.63, 3.8) is 0 Å². The molecule has 0 aliphatic carbocycles. The number of carbonyl (C=O) groups is 2. The molecule has 0 fully saturated rings. The average molecular weight is 486 g/mol. The topological polar surface area (TPSA) is 93.1 Å². The van der Waals surface area contributed by atoms with E-state index < -0.39 is 79.5 Å². The molecule has 0 heterocycles. The van der Waals surface area contributed by atoms with Gasteiger partial charge in [-0.1, -0.05) is 13.2 Å². The summed E-state index contributed by atoms with van der Waals surface area (Å²) in [5.74, 6) is -27.9. The summed E-state index contributed by atoms with van der Waals surface area (Å²) in [7, 11) is 0. The number of ether oxygens (including phenoxy) is 2. The van der Waals surface area contributed by atoms with Gasteiger partial charge in [-0.2, -0.15) is 35.1 Å². The highest BCUT2D eigenvalue weighted by atomic mass is 19.4. The third kappa shape index (κ3) is 6.89. The van der Waals surface area contributed by atoms with Gasteiger partial charge in [0.15, 0.2) is 0 Å². The zero-order valence-corrected chi connectivity index (χ0v) is 16.9. The molecule has 0 aromatic heterocycles. The summed E-state index contributed by atoms with van der Waals surface area (Å²) in [5, 5.41) is 18.2. The number of hydrogen-bond acceptors (Lipinski definition) is 6. The van der Waals surface area contributed by atoms with E-state index in [9.17, 15) is 49.8 Å². The molecule has 0 aliphatic heterocycles. The summed E-state index contributed by atoms with van der Waals surface area (Å²) < 4.78 is 120. The van der Waals surface area contributed by atoms with Gasteiger partial charge in [0.1, 0.15) is 12.7 Å². The Labute approximate surface area is 177 Å². The third-order valence-corrected chi connectivity index (χ3v) is 3.87. The van der Waals surface area contributed by atoms with Crippen LogP contribution in [0.2, 0.25) is 0 Å². The fourth-order valence-electron chi connectivity index (χ4n) is 2.05. The van der Waals surface area contributed by atoms with E-state index in [0.717, 1.165) is 13.8 Å². The molecule has 2 N–H and O–H groups in total. The Morgan fingerprint density at radius 2 is 1.25 bits per heavy atom. The van der Waals surface area contributed by atoms with Crippen LogP contribution in [-0.4, -0.2) is 71.3 Å². The van der Waals surface area contributed by atoms with Crippen molar-refractivity contribution in [2.45, 2.75) is 62.6 Å². The van der Waals surface area contributed by atoms with Gasteiger partial charge in [-0.05, 0) is 13.8 Å². The molecule has 0 saturated heterocycles. The Kier molecular flexibility index (Phi) is 9.86. The Bertz CT molecular complexity index is 722. The number of carbonyl (C=O) groups excluding carboxylic acids is 2. The quantitative estimate of drug-likeness (QED) is 0.236. The molecule has 186 valence electrons. The van der Waals surface area contributed by atoms with Gasteiger partial charge in [0.25, 0.3) is 0 Å². The van der Waals surface area contributed by atoms with Crippen LogP contribution in [0.1, 0.15) is 26.7 Å². The molecule has 2 unspecified atom stereocenters. The number of rotatable bonds is 13. The van der Waals surface area contributed by atoms with Crippen molar-refractivity contribution in [3.05, 3.63) is 24.3 Å². The van der Waals surface area contributed by atoms with Gasteiger partial charge in [-0.3, -0.25) is 0 Å². The average Bonchev–Trinajstić information content (AvgIpc) is 2.63. The van der Waals surface area contributed by atoms with Gasteiger partial charge in [0.2, 0.25) is 0 Å². The fraction of sp³-hybridized carbons (Fsp3) is 0.667. The van der Waals surface area contributed by atoms with Crippen molar-refractivity contribution in [3.8, 4) is 0 Å².